The molecule has 0 radical (unpaired) electrons. The number of rotatable bonds is 9. The average molecular weight is 473 g/mol. The monoisotopic (exact) mass is 472 g/mol. The van der Waals surface area contributed by atoms with Crippen LogP contribution in [0.25, 0.3) is 29.3 Å². The number of hydrogen-bond donors (Lipinski definition) is 0. The maximum Gasteiger partial charge on any atom is 0.174 e. The minimum absolute atomic E-state index is 0.596. The van der Waals surface area contributed by atoms with Gasteiger partial charge >= 0.3 is 0 Å². The summed E-state index contributed by atoms with van der Waals surface area (Å²) < 4.78 is 6.03. The van der Waals surface area contributed by atoms with E-state index in [2.05, 4.69) is 70.2 Å². The van der Waals surface area contributed by atoms with Crippen LogP contribution in [0.5, 0.6) is 5.06 Å². The first-order valence-electron chi connectivity index (χ1n) is 10.6. The second-order valence-electron chi connectivity index (χ2n) is 7.75. The van der Waals surface area contributed by atoms with Gasteiger partial charge in [-0.2, -0.15) is 0 Å². The molecule has 4 aromatic rings. The van der Waals surface area contributed by atoms with Crippen LogP contribution in [0.1, 0.15) is 44.1 Å². The van der Waals surface area contributed by atoms with E-state index in [4.69, 9.17) is 4.74 Å². The fourth-order valence-corrected chi connectivity index (χ4v) is 7.71. The van der Waals surface area contributed by atoms with E-state index in [9.17, 15) is 0 Å². The average Bonchev–Trinajstić information content (AvgIpc) is 3.51. The highest BCUT2D eigenvalue weighted by Crippen LogP contribution is 2.45. The van der Waals surface area contributed by atoms with Gasteiger partial charge in [-0.05, 0) is 67.3 Å². The Morgan fingerprint density at radius 2 is 1.40 bits per heavy atom. The predicted molar refractivity (Wildman–Crippen MR) is 138 cm³/mol. The van der Waals surface area contributed by atoms with Crippen molar-refractivity contribution in [2.24, 2.45) is 5.92 Å². The first-order valence-corrected chi connectivity index (χ1v) is 13.9. The van der Waals surface area contributed by atoms with Crippen LogP contribution in [-0.2, 0) is 6.42 Å². The third kappa shape index (κ3) is 4.91. The highest BCUT2D eigenvalue weighted by atomic mass is 32.1. The fraction of sp³-hybridized carbons (Fsp3) is 0.360. The Hall–Kier alpha value is -1.40. The summed E-state index contributed by atoms with van der Waals surface area (Å²) in [5.74, 6) is 0.596. The van der Waals surface area contributed by atoms with Crippen molar-refractivity contribution in [3.63, 3.8) is 0 Å². The van der Waals surface area contributed by atoms with E-state index in [1.807, 2.05) is 34.0 Å². The van der Waals surface area contributed by atoms with Crippen LogP contribution in [-0.4, -0.2) is 6.61 Å². The molecule has 4 rings (SSSR count). The first kappa shape index (κ1) is 21.8. The molecule has 0 amide bonds. The highest BCUT2D eigenvalue weighted by molar-refractivity contribution is 7.28. The second-order valence-corrected chi connectivity index (χ2v) is 12.1. The summed E-state index contributed by atoms with van der Waals surface area (Å²) in [6, 6.07) is 15.8. The molecule has 0 aliphatic carbocycles. The molecule has 0 unspecified atom stereocenters. The molecule has 30 heavy (non-hydrogen) atoms. The van der Waals surface area contributed by atoms with Gasteiger partial charge in [0.15, 0.2) is 5.06 Å². The zero-order valence-corrected chi connectivity index (χ0v) is 21.3. The molecule has 0 bridgehead atoms. The summed E-state index contributed by atoms with van der Waals surface area (Å²) >= 11 is 7.50. The van der Waals surface area contributed by atoms with Gasteiger partial charge in [0.05, 0.1) is 11.5 Å². The Kier molecular flexibility index (Phi) is 7.14. The summed E-state index contributed by atoms with van der Waals surface area (Å²) in [4.78, 5) is 9.63. The van der Waals surface area contributed by atoms with Gasteiger partial charge in [-0.25, -0.2) is 0 Å². The molecule has 5 heteroatoms. The molecular formula is C25H28OS4. The van der Waals surface area contributed by atoms with Crippen LogP contribution in [0.2, 0.25) is 0 Å². The third-order valence-electron chi connectivity index (χ3n) is 5.18. The molecule has 158 valence electrons. The zero-order valence-electron chi connectivity index (χ0n) is 18.0. The summed E-state index contributed by atoms with van der Waals surface area (Å²) in [5.41, 5.74) is 1.31. The Morgan fingerprint density at radius 1 is 0.800 bits per heavy atom. The van der Waals surface area contributed by atoms with Crippen LogP contribution in [0.15, 0.2) is 42.5 Å². The van der Waals surface area contributed by atoms with Crippen LogP contribution < -0.4 is 4.74 Å². The molecule has 4 heterocycles. The molecule has 0 aromatic carbocycles. The number of thiophene rings is 4. The van der Waals surface area contributed by atoms with Gasteiger partial charge in [-0.1, -0.05) is 44.9 Å². The van der Waals surface area contributed by atoms with Crippen molar-refractivity contribution in [2.45, 2.75) is 47.0 Å². The summed E-state index contributed by atoms with van der Waals surface area (Å²) in [5, 5.41) is 1.04. The fourth-order valence-electron chi connectivity index (χ4n) is 3.20. The summed E-state index contributed by atoms with van der Waals surface area (Å²) in [6.45, 7) is 9.68. The van der Waals surface area contributed by atoms with Crippen molar-refractivity contribution in [1.29, 1.82) is 0 Å². The van der Waals surface area contributed by atoms with Gasteiger partial charge in [0.25, 0.3) is 0 Å². The molecule has 1 atom stereocenters. The maximum atomic E-state index is 6.03. The highest BCUT2D eigenvalue weighted by Gasteiger charge is 2.14. The molecule has 0 spiro atoms. The molecule has 4 aromatic heterocycles. The summed E-state index contributed by atoms with van der Waals surface area (Å²) in [7, 11) is 0. The minimum Gasteiger partial charge on any atom is -0.484 e. The Balaban J connectivity index is 1.51. The van der Waals surface area contributed by atoms with Gasteiger partial charge in [0, 0.05) is 29.3 Å². The van der Waals surface area contributed by atoms with Crippen molar-refractivity contribution in [3.8, 4) is 34.3 Å². The van der Waals surface area contributed by atoms with E-state index in [0.717, 1.165) is 18.1 Å². The van der Waals surface area contributed by atoms with Crippen molar-refractivity contribution in [3.05, 3.63) is 52.9 Å². The van der Waals surface area contributed by atoms with E-state index in [-0.39, 0.29) is 0 Å². The van der Waals surface area contributed by atoms with Gasteiger partial charge in [-0.15, -0.1) is 34.0 Å². The molecule has 0 saturated carbocycles. The third-order valence-corrected chi connectivity index (χ3v) is 10.2. The molecule has 0 saturated heterocycles. The van der Waals surface area contributed by atoms with Crippen LogP contribution in [0.3, 0.4) is 0 Å². The van der Waals surface area contributed by atoms with Crippen molar-refractivity contribution in [1.82, 2.24) is 0 Å². The summed E-state index contributed by atoms with van der Waals surface area (Å²) in [6.07, 6.45) is 3.54. The number of hydrogen-bond acceptors (Lipinski definition) is 5. The van der Waals surface area contributed by atoms with E-state index >= 15 is 0 Å². The van der Waals surface area contributed by atoms with E-state index < -0.39 is 0 Å². The SMILES string of the molecule is CCCc1ccc(-c2ccc(-c3ccc(-c4sc(OC[C@@H](C)CC)cc4C)s3)s2)s1. The van der Waals surface area contributed by atoms with Crippen LogP contribution >= 0.6 is 45.3 Å². The van der Waals surface area contributed by atoms with Crippen molar-refractivity contribution >= 4 is 45.3 Å². The van der Waals surface area contributed by atoms with Crippen molar-refractivity contribution < 1.29 is 4.74 Å². The first-order chi connectivity index (χ1) is 14.6. The maximum absolute atomic E-state index is 6.03. The lowest BCUT2D eigenvalue weighted by Crippen LogP contribution is -2.06. The van der Waals surface area contributed by atoms with E-state index in [1.165, 1.54) is 52.5 Å². The minimum atomic E-state index is 0.596. The molecule has 0 N–H and O–H groups in total. The Bertz CT molecular complexity index is 1090. The molecule has 0 aliphatic heterocycles. The van der Waals surface area contributed by atoms with Crippen LogP contribution in [0, 0.1) is 12.8 Å². The van der Waals surface area contributed by atoms with Gasteiger partial charge < -0.3 is 4.74 Å². The molecule has 0 fully saturated rings. The lowest BCUT2D eigenvalue weighted by Gasteiger charge is -2.08. The molecule has 1 nitrogen and oxygen atoms in total. The number of ether oxygens (including phenoxy) is 1. The normalized spacial score (nSPS) is 12.4. The van der Waals surface area contributed by atoms with E-state index in [0.29, 0.717) is 5.92 Å². The largest absolute Gasteiger partial charge is 0.484 e. The molecule has 0 aliphatic rings. The predicted octanol–water partition coefficient (Wildman–Crippen LogP) is 9.62. The quantitative estimate of drug-likeness (QED) is 0.235. The topological polar surface area (TPSA) is 9.23 Å². The lowest BCUT2D eigenvalue weighted by atomic mass is 10.1. The van der Waals surface area contributed by atoms with Crippen LogP contribution in [0.4, 0.5) is 0 Å². The van der Waals surface area contributed by atoms with E-state index in [1.54, 1.807) is 11.3 Å². The van der Waals surface area contributed by atoms with Crippen molar-refractivity contribution in [2.75, 3.05) is 6.61 Å². The lowest BCUT2D eigenvalue weighted by molar-refractivity contribution is 0.263. The van der Waals surface area contributed by atoms with Gasteiger partial charge in [0.2, 0.25) is 0 Å². The standard InChI is InChI=1S/C25H28OS4/c1-5-7-18-8-9-19(27-18)20-10-11-21(28-20)22-12-13-23(29-22)25-17(4)14-24(30-25)26-15-16(3)6-2/h8-14,16H,5-7,15H2,1-4H3/t16-/m0/s1. The zero-order chi connectivity index (χ0) is 21.1. The molecular weight excluding hydrogens is 445 g/mol. The Morgan fingerprint density at radius 3 is 2.07 bits per heavy atom. The smallest absolute Gasteiger partial charge is 0.174 e. The number of aryl methyl sites for hydroxylation is 2. The van der Waals surface area contributed by atoms with Gasteiger partial charge in [-0.3, -0.25) is 0 Å². The van der Waals surface area contributed by atoms with Gasteiger partial charge in [0.1, 0.15) is 0 Å². The second kappa shape index (κ2) is 9.82. The Labute approximate surface area is 196 Å².